The SMILES string of the molecule is COC(=O)CC1(C)C(C)(C)C1(C#N)c1cccc(Oc2ccccc2)c1. The van der Waals surface area contributed by atoms with Crippen molar-refractivity contribution in [3.05, 3.63) is 60.2 Å². The molecule has 2 aromatic rings. The minimum atomic E-state index is -0.774. The van der Waals surface area contributed by atoms with E-state index in [0.29, 0.717) is 5.75 Å². The molecular weight excluding hydrogens is 326 g/mol. The number of nitrogens with zero attached hydrogens (tertiary/aromatic N) is 1. The molecule has 0 radical (unpaired) electrons. The number of hydrogen-bond acceptors (Lipinski definition) is 4. The van der Waals surface area contributed by atoms with Crippen molar-refractivity contribution >= 4 is 5.97 Å². The molecule has 0 bridgehead atoms. The quantitative estimate of drug-likeness (QED) is 0.724. The van der Waals surface area contributed by atoms with E-state index in [-0.39, 0.29) is 17.8 Å². The Labute approximate surface area is 154 Å². The first-order chi connectivity index (χ1) is 12.3. The van der Waals surface area contributed by atoms with E-state index in [9.17, 15) is 10.1 Å². The van der Waals surface area contributed by atoms with Crippen molar-refractivity contribution in [1.82, 2.24) is 0 Å². The van der Waals surface area contributed by atoms with E-state index in [2.05, 4.69) is 6.07 Å². The topological polar surface area (TPSA) is 59.3 Å². The Morgan fingerprint density at radius 3 is 2.31 bits per heavy atom. The first-order valence-electron chi connectivity index (χ1n) is 8.64. The molecule has 0 saturated heterocycles. The van der Waals surface area contributed by atoms with E-state index in [0.717, 1.165) is 11.3 Å². The lowest BCUT2D eigenvalue weighted by Crippen LogP contribution is -2.18. The third-order valence-electron chi connectivity index (χ3n) is 6.22. The number of carbonyl (C=O) groups is 1. The number of rotatable bonds is 5. The minimum Gasteiger partial charge on any atom is -0.469 e. The van der Waals surface area contributed by atoms with Gasteiger partial charge in [0.15, 0.2) is 0 Å². The average molecular weight is 349 g/mol. The van der Waals surface area contributed by atoms with E-state index in [4.69, 9.17) is 9.47 Å². The molecule has 2 atom stereocenters. The van der Waals surface area contributed by atoms with Gasteiger partial charge in [-0.25, -0.2) is 0 Å². The van der Waals surface area contributed by atoms with E-state index in [1.54, 1.807) is 0 Å². The Hall–Kier alpha value is -2.80. The minimum absolute atomic E-state index is 0.202. The molecule has 1 saturated carbocycles. The highest BCUT2D eigenvalue weighted by Gasteiger charge is 2.81. The molecule has 0 amide bonds. The summed E-state index contributed by atoms with van der Waals surface area (Å²) in [5.74, 6) is 1.11. The maximum atomic E-state index is 11.9. The first-order valence-corrected chi connectivity index (χ1v) is 8.64. The Morgan fingerprint density at radius 1 is 1.04 bits per heavy atom. The zero-order valence-corrected chi connectivity index (χ0v) is 15.6. The lowest BCUT2D eigenvalue weighted by molar-refractivity contribution is -0.142. The van der Waals surface area contributed by atoms with Crippen molar-refractivity contribution in [3.63, 3.8) is 0 Å². The Morgan fingerprint density at radius 2 is 1.69 bits per heavy atom. The van der Waals surface area contributed by atoms with Crippen LogP contribution >= 0.6 is 0 Å². The summed E-state index contributed by atoms with van der Waals surface area (Å²) in [6, 6.07) is 19.6. The molecule has 0 spiro atoms. The standard InChI is InChI=1S/C22H23NO3/c1-20(2)21(3,14-19(24)25-4)22(20,15-23)16-9-8-12-18(13-16)26-17-10-6-5-7-11-17/h5-13H,14H2,1-4H3. The monoisotopic (exact) mass is 349 g/mol. The summed E-state index contributed by atoms with van der Waals surface area (Å²) in [4.78, 5) is 11.9. The molecule has 3 rings (SSSR count). The second-order valence-corrected chi connectivity index (χ2v) is 7.51. The number of carbonyl (C=O) groups excluding carboxylic acids is 1. The van der Waals surface area contributed by atoms with E-state index in [1.165, 1.54) is 7.11 Å². The van der Waals surface area contributed by atoms with Gasteiger partial charge in [-0.15, -0.1) is 0 Å². The second-order valence-electron chi connectivity index (χ2n) is 7.51. The molecule has 1 aliphatic carbocycles. The van der Waals surface area contributed by atoms with Crippen LogP contribution in [0.3, 0.4) is 0 Å². The number of esters is 1. The molecule has 0 aliphatic heterocycles. The van der Waals surface area contributed by atoms with Crippen molar-refractivity contribution in [2.75, 3.05) is 7.11 Å². The average Bonchev–Trinajstić information content (AvgIpc) is 3.02. The maximum Gasteiger partial charge on any atom is 0.306 e. The van der Waals surface area contributed by atoms with Gasteiger partial charge in [-0.05, 0) is 35.2 Å². The van der Waals surface area contributed by atoms with Crippen molar-refractivity contribution in [2.45, 2.75) is 32.6 Å². The van der Waals surface area contributed by atoms with E-state index < -0.39 is 10.8 Å². The summed E-state index contributed by atoms with van der Waals surface area (Å²) in [6.45, 7) is 6.05. The van der Waals surface area contributed by atoms with Crippen LogP contribution in [0.1, 0.15) is 32.8 Å². The third kappa shape index (κ3) is 2.39. The molecule has 2 unspecified atom stereocenters. The summed E-state index contributed by atoms with van der Waals surface area (Å²) in [5, 5.41) is 10.1. The lowest BCUT2D eigenvalue weighted by Gasteiger charge is -2.17. The van der Waals surface area contributed by atoms with Crippen LogP contribution in [0.25, 0.3) is 0 Å². The molecular formula is C22H23NO3. The van der Waals surface area contributed by atoms with Crippen molar-refractivity contribution in [2.24, 2.45) is 10.8 Å². The van der Waals surface area contributed by atoms with Crippen LogP contribution in [0, 0.1) is 22.2 Å². The highest BCUT2D eigenvalue weighted by molar-refractivity contribution is 5.73. The first kappa shape index (κ1) is 18.0. The molecule has 1 fully saturated rings. The molecule has 26 heavy (non-hydrogen) atoms. The summed E-state index contributed by atoms with van der Waals surface area (Å²) in [6.07, 6.45) is 0.202. The number of ether oxygens (including phenoxy) is 2. The number of para-hydroxylation sites is 1. The Bertz CT molecular complexity index is 868. The van der Waals surface area contributed by atoms with Gasteiger partial charge < -0.3 is 9.47 Å². The van der Waals surface area contributed by atoms with Crippen LogP contribution in [-0.2, 0) is 14.9 Å². The molecule has 0 N–H and O–H groups in total. The van der Waals surface area contributed by atoms with Crippen LogP contribution in [0.4, 0.5) is 0 Å². The molecule has 4 nitrogen and oxygen atoms in total. The molecule has 1 aliphatic rings. The molecule has 134 valence electrons. The fourth-order valence-electron chi connectivity index (χ4n) is 4.32. The zero-order valence-electron chi connectivity index (χ0n) is 15.6. The number of methoxy groups -OCH3 is 1. The van der Waals surface area contributed by atoms with Crippen LogP contribution in [0.5, 0.6) is 11.5 Å². The Balaban J connectivity index is 1.98. The van der Waals surface area contributed by atoms with Crippen molar-refractivity contribution < 1.29 is 14.3 Å². The summed E-state index contributed by atoms with van der Waals surface area (Å²) >= 11 is 0. The van der Waals surface area contributed by atoms with Crippen LogP contribution in [0.2, 0.25) is 0 Å². The van der Waals surface area contributed by atoms with Gasteiger partial charge in [-0.1, -0.05) is 51.1 Å². The van der Waals surface area contributed by atoms with Gasteiger partial charge in [0, 0.05) is 5.41 Å². The largest absolute Gasteiger partial charge is 0.469 e. The highest BCUT2D eigenvalue weighted by Crippen LogP contribution is 2.79. The van der Waals surface area contributed by atoms with Crippen LogP contribution in [-0.4, -0.2) is 13.1 Å². The number of nitriles is 1. The molecule has 2 aromatic carbocycles. The highest BCUT2D eigenvalue weighted by atomic mass is 16.5. The van der Waals surface area contributed by atoms with Crippen LogP contribution < -0.4 is 4.74 Å². The van der Waals surface area contributed by atoms with Crippen molar-refractivity contribution in [3.8, 4) is 17.6 Å². The van der Waals surface area contributed by atoms with Crippen LogP contribution in [0.15, 0.2) is 54.6 Å². The second kappa shape index (κ2) is 6.17. The predicted octanol–water partition coefficient (Wildman–Crippen LogP) is 4.85. The van der Waals surface area contributed by atoms with Gasteiger partial charge in [-0.2, -0.15) is 5.26 Å². The predicted molar refractivity (Wildman–Crippen MR) is 98.8 cm³/mol. The third-order valence-corrected chi connectivity index (χ3v) is 6.22. The van der Waals surface area contributed by atoms with Gasteiger partial charge in [0.1, 0.15) is 11.5 Å². The molecule has 0 aromatic heterocycles. The number of benzene rings is 2. The van der Waals surface area contributed by atoms with Crippen molar-refractivity contribution in [1.29, 1.82) is 5.26 Å². The normalized spacial score (nSPS) is 25.8. The van der Waals surface area contributed by atoms with Gasteiger partial charge >= 0.3 is 5.97 Å². The van der Waals surface area contributed by atoms with Gasteiger partial charge in [0.25, 0.3) is 0 Å². The summed E-state index contributed by atoms with van der Waals surface area (Å²) < 4.78 is 10.8. The fraction of sp³-hybridized carbons (Fsp3) is 0.364. The summed E-state index contributed by atoms with van der Waals surface area (Å²) in [5.41, 5.74) is -0.781. The Kier molecular flexibility index (Phi) is 4.28. The summed E-state index contributed by atoms with van der Waals surface area (Å²) in [7, 11) is 1.38. The van der Waals surface area contributed by atoms with Gasteiger partial charge in [0.2, 0.25) is 0 Å². The van der Waals surface area contributed by atoms with E-state index >= 15 is 0 Å². The van der Waals surface area contributed by atoms with Gasteiger partial charge in [-0.3, -0.25) is 4.79 Å². The number of hydrogen-bond donors (Lipinski definition) is 0. The van der Waals surface area contributed by atoms with E-state index in [1.807, 2.05) is 75.4 Å². The molecule has 4 heteroatoms. The molecule has 0 heterocycles. The lowest BCUT2D eigenvalue weighted by atomic mass is 9.86. The smallest absolute Gasteiger partial charge is 0.306 e. The fourth-order valence-corrected chi connectivity index (χ4v) is 4.32. The zero-order chi connectivity index (χ0) is 19.0. The maximum absolute atomic E-state index is 11.9. The van der Waals surface area contributed by atoms with Gasteiger partial charge in [0.05, 0.1) is 25.0 Å².